The van der Waals surface area contributed by atoms with Gasteiger partial charge in [-0.1, -0.05) is 77.0 Å². The summed E-state index contributed by atoms with van der Waals surface area (Å²) in [6.45, 7) is 5.61. The molecule has 39 heavy (non-hydrogen) atoms. The molecule has 1 fully saturated rings. The molecular weight excluding hydrogens is 559 g/mol. The minimum absolute atomic E-state index is 0.167. The van der Waals surface area contributed by atoms with Gasteiger partial charge in [0.05, 0.1) is 17.7 Å². The highest BCUT2D eigenvalue weighted by molar-refractivity contribution is 9.10. The second-order valence-corrected chi connectivity index (χ2v) is 11.6. The average molecular weight is 606 g/mol. The molecular formula is C33H46BrFO4. The number of alkyl halides is 1. The maximum absolute atomic E-state index is 13.9. The van der Waals surface area contributed by atoms with Crippen molar-refractivity contribution in [3.05, 3.63) is 46.9 Å². The number of esters is 1. The highest BCUT2D eigenvalue weighted by Gasteiger charge is 2.27. The van der Waals surface area contributed by atoms with Crippen molar-refractivity contribution in [2.45, 2.75) is 110 Å². The first-order chi connectivity index (χ1) is 19.0. The van der Waals surface area contributed by atoms with Gasteiger partial charge in [-0.05, 0) is 95.8 Å². The Balaban J connectivity index is 1.37. The third-order valence-corrected chi connectivity index (χ3v) is 8.12. The zero-order valence-corrected chi connectivity index (χ0v) is 25.4. The fourth-order valence-electron chi connectivity index (χ4n) is 4.98. The molecule has 0 heterocycles. The summed E-state index contributed by atoms with van der Waals surface area (Å²) < 4.78 is 32.3. The van der Waals surface area contributed by atoms with Crippen molar-refractivity contribution in [1.29, 1.82) is 0 Å². The Hall–Kier alpha value is -2.08. The Morgan fingerprint density at radius 3 is 2.23 bits per heavy atom. The number of rotatable bonds is 17. The van der Waals surface area contributed by atoms with Gasteiger partial charge in [0.2, 0.25) is 0 Å². The SMILES string of the molecule is CCCCCCCCOc1ccc(-c2ccc(OC[C@H]3CC[C@H](OC(=O)[C@H](F)CCCC)CC3)cc2)cc1Br. The van der Waals surface area contributed by atoms with Crippen LogP contribution in [0.3, 0.4) is 0 Å². The summed E-state index contributed by atoms with van der Waals surface area (Å²) in [5, 5.41) is 0. The lowest BCUT2D eigenvalue weighted by molar-refractivity contribution is -0.157. The molecule has 2 aromatic rings. The van der Waals surface area contributed by atoms with E-state index in [0.29, 0.717) is 18.9 Å². The lowest BCUT2D eigenvalue weighted by Gasteiger charge is -2.28. The molecule has 0 spiro atoms. The fourth-order valence-corrected chi connectivity index (χ4v) is 5.47. The molecule has 2 aromatic carbocycles. The first-order valence-electron chi connectivity index (χ1n) is 15.0. The molecule has 0 amide bonds. The molecule has 0 bridgehead atoms. The van der Waals surface area contributed by atoms with Crippen LogP contribution in [0.25, 0.3) is 11.1 Å². The van der Waals surface area contributed by atoms with E-state index >= 15 is 0 Å². The zero-order valence-electron chi connectivity index (χ0n) is 23.8. The number of hydrogen-bond donors (Lipinski definition) is 0. The molecule has 1 aliphatic carbocycles. The van der Waals surface area contributed by atoms with Gasteiger partial charge in [-0.15, -0.1) is 0 Å². The Labute approximate surface area is 243 Å². The maximum Gasteiger partial charge on any atom is 0.340 e. The lowest BCUT2D eigenvalue weighted by atomic mass is 9.88. The quantitative estimate of drug-likeness (QED) is 0.133. The summed E-state index contributed by atoms with van der Waals surface area (Å²) in [5.41, 5.74) is 2.25. The van der Waals surface area contributed by atoms with E-state index < -0.39 is 12.1 Å². The molecule has 1 saturated carbocycles. The number of halogens is 2. The van der Waals surface area contributed by atoms with Gasteiger partial charge in [0.1, 0.15) is 17.6 Å². The van der Waals surface area contributed by atoms with E-state index in [1.165, 1.54) is 32.1 Å². The van der Waals surface area contributed by atoms with Crippen molar-refractivity contribution >= 4 is 21.9 Å². The topological polar surface area (TPSA) is 44.8 Å². The molecule has 0 N–H and O–H groups in total. The van der Waals surface area contributed by atoms with Gasteiger partial charge in [-0.3, -0.25) is 0 Å². The van der Waals surface area contributed by atoms with Gasteiger partial charge < -0.3 is 14.2 Å². The Bertz CT molecular complexity index is 972. The normalized spacial score (nSPS) is 17.9. The molecule has 0 aromatic heterocycles. The second kappa shape index (κ2) is 17.6. The Morgan fingerprint density at radius 1 is 0.872 bits per heavy atom. The lowest BCUT2D eigenvalue weighted by Crippen LogP contribution is -2.30. The zero-order chi connectivity index (χ0) is 27.9. The van der Waals surface area contributed by atoms with Crippen molar-refractivity contribution in [3.8, 4) is 22.6 Å². The van der Waals surface area contributed by atoms with Crippen LogP contribution in [0.2, 0.25) is 0 Å². The predicted molar refractivity (Wildman–Crippen MR) is 160 cm³/mol. The Kier molecular flexibility index (Phi) is 14.2. The minimum atomic E-state index is -1.49. The van der Waals surface area contributed by atoms with Crippen LogP contribution in [0.1, 0.15) is 97.3 Å². The molecule has 1 atom stereocenters. The van der Waals surface area contributed by atoms with E-state index in [1.807, 2.05) is 25.1 Å². The molecule has 0 aliphatic heterocycles. The van der Waals surface area contributed by atoms with Gasteiger partial charge in [0.25, 0.3) is 0 Å². The summed E-state index contributed by atoms with van der Waals surface area (Å²) >= 11 is 3.67. The van der Waals surface area contributed by atoms with Crippen LogP contribution in [0, 0.1) is 5.92 Å². The summed E-state index contributed by atoms with van der Waals surface area (Å²) in [5.74, 6) is 1.46. The first kappa shape index (κ1) is 31.4. The van der Waals surface area contributed by atoms with E-state index in [2.05, 4.69) is 47.1 Å². The van der Waals surface area contributed by atoms with Crippen molar-refractivity contribution in [2.75, 3.05) is 13.2 Å². The number of carbonyl (C=O) groups is 1. The van der Waals surface area contributed by atoms with Crippen molar-refractivity contribution in [1.82, 2.24) is 0 Å². The summed E-state index contributed by atoms with van der Waals surface area (Å²) in [6.07, 6.45) is 11.1. The highest BCUT2D eigenvalue weighted by atomic mass is 79.9. The first-order valence-corrected chi connectivity index (χ1v) is 15.8. The second-order valence-electron chi connectivity index (χ2n) is 10.8. The van der Waals surface area contributed by atoms with Gasteiger partial charge in [-0.25, -0.2) is 9.18 Å². The molecule has 6 heteroatoms. The van der Waals surface area contributed by atoms with Crippen LogP contribution in [0.4, 0.5) is 4.39 Å². The number of unbranched alkanes of at least 4 members (excludes halogenated alkanes) is 6. The van der Waals surface area contributed by atoms with Crippen LogP contribution in [0.15, 0.2) is 46.9 Å². The van der Waals surface area contributed by atoms with Crippen molar-refractivity contribution in [2.24, 2.45) is 5.92 Å². The third-order valence-electron chi connectivity index (χ3n) is 7.50. The van der Waals surface area contributed by atoms with Crippen LogP contribution < -0.4 is 9.47 Å². The van der Waals surface area contributed by atoms with Gasteiger partial charge in [0, 0.05) is 0 Å². The molecule has 0 unspecified atom stereocenters. The summed E-state index contributed by atoms with van der Waals surface area (Å²) in [6, 6.07) is 14.4. The minimum Gasteiger partial charge on any atom is -0.493 e. The van der Waals surface area contributed by atoms with Crippen LogP contribution in [-0.2, 0) is 9.53 Å². The highest BCUT2D eigenvalue weighted by Crippen LogP contribution is 2.32. The van der Waals surface area contributed by atoms with E-state index in [1.54, 1.807) is 0 Å². The summed E-state index contributed by atoms with van der Waals surface area (Å²) in [7, 11) is 0. The van der Waals surface area contributed by atoms with Gasteiger partial charge >= 0.3 is 5.97 Å². The maximum atomic E-state index is 13.9. The molecule has 1 aliphatic rings. The standard InChI is InChI=1S/C33H46BrFO4/c1-3-5-7-8-9-10-22-37-32-21-16-27(23-30(32)34)26-14-19-28(20-15-26)38-24-25-12-17-29(18-13-25)39-33(36)31(35)11-6-4-2/h14-16,19-21,23,25,29,31H,3-13,17-18,22,24H2,1-2H3/t25-,29-,31-/m1/s1. The van der Waals surface area contributed by atoms with E-state index in [0.717, 1.165) is 72.2 Å². The fraction of sp³-hybridized carbons (Fsp3) is 0.606. The summed E-state index contributed by atoms with van der Waals surface area (Å²) in [4.78, 5) is 11.9. The van der Waals surface area contributed by atoms with Crippen molar-refractivity contribution in [3.63, 3.8) is 0 Å². The van der Waals surface area contributed by atoms with Crippen LogP contribution >= 0.6 is 15.9 Å². The molecule has 0 radical (unpaired) electrons. The molecule has 216 valence electrons. The number of ether oxygens (including phenoxy) is 3. The molecule has 3 rings (SSSR count). The Morgan fingerprint density at radius 2 is 1.54 bits per heavy atom. The van der Waals surface area contributed by atoms with Crippen LogP contribution in [-0.4, -0.2) is 31.5 Å². The van der Waals surface area contributed by atoms with E-state index in [-0.39, 0.29) is 12.5 Å². The number of hydrogen-bond acceptors (Lipinski definition) is 4. The number of benzene rings is 2. The number of carbonyl (C=O) groups excluding carboxylic acids is 1. The third kappa shape index (κ3) is 11.1. The predicted octanol–water partition coefficient (Wildman–Crippen LogP) is 9.86. The van der Waals surface area contributed by atoms with E-state index in [9.17, 15) is 9.18 Å². The average Bonchev–Trinajstić information content (AvgIpc) is 2.96. The van der Waals surface area contributed by atoms with E-state index in [4.69, 9.17) is 14.2 Å². The van der Waals surface area contributed by atoms with Crippen LogP contribution in [0.5, 0.6) is 11.5 Å². The monoisotopic (exact) mass is 604 g/mol. The molecule has 4 nitrogen and oxygen atoms in total. The van der Waals surface area contributed by atoms with Crippen molar-refractivity contribution < 1.29 is 23.4 Å². The smallest absolute Gasteiger partial charge is 0.340 e. The van der Waals surface area contributed by atoms with Gasteiger partial charge in [-0.2, -0.15) is 0 Å². The van der Waals surface area contributed by atoms with Gasteiger partial charge in [0.15, 0.2) is 6.17 Å². The molecule has 0 saturated heterocycles. The largest absolute Gasteiger partial charge is 0.493 e.